The van der Waals surface area contributed by atoms with Gasteiger partial charge >= 0.3 is 5.97 Å². The molecule has 0 saturated heterocycles. The number of nitrogens with one attached hydrogen (secondary N) is 1. The standard InChI is InChI=1S/C4H2ClNO3S/c5-1-2(4(8)9)10-6-3(1)7/h(H,6,7)(H,8,9). The first-order valence-corrected chi connectivity index (χ1v) is 3.42. The summed E-state index contributed by atoms with van der Waals surface area (Å²) in [5.74, 6) is -1.19. The first-order valence-electron chi connectivity index (χ1n) is 2.23. The van der Waals surface area contributed by atoms with Gasteiger partial charge in [-0.15, -0.1) is 0 Å². The summed E-state index contributed by atoms with van der Waals surface area (Å²) in [5.41, 5.74) is -0.552. The van der Waals surface area contributed by atoms with E-state index >= 15 is 0 Å². The molecule has 0 fully saturated rings. The lowest BCUT2D eigenvalue weighted by Crippen LogP contribution is -2.00. The Bertz CT molecular complexity index is 315. The van der Waals surface area contributed by atoms with Crippen LogP contribution in [0.2, 0.25) is 5.02 Å². The predicted octanol–water partition coefficient (Wildman–Crippen LogP) is 0.788. The lowest BCUT2D eigenvalue weighted by Gasteiger charge is -1.81. The van der Waals surface area contributed by atoms with Crippen LogP contribution in [0.5, 0.6) is 0 Å². The van der Waals surface area contributed by atoms with Crippen LogP contribution < -0.4 is 5.56 Å². The zero-order valence-corrected chi connectivity index (χ0v) is 6.12. The van der Waals surface area contributed by atoms with Gasteiger partial charge in [-0.1, -0.05) is 23.1 Å². The number of H-pyrrole nitrogens is 1. The highest BCUT2D eigenvalue weighted by atomic mass is 35.5. The molecule has 0 aliphatic carbocycles. The van der Waals surface area contributed by atoms with E-state index in [0.29, 0.717) is 11.5 Å². The molecule has 0 aromatic carbocycles. The van der Waals surface area contributed by atoms with E-state index in [4.69, 9.17) is 16.7 Å². The monoisotopic (exact) mass is 179 g/mol. The fraction of sp³-hybridized carbons (Fsp3) is 0. The second-order valence-corrected chi connectivity index (χ2v) is 2.68. The normalized spacial score (nSPS) is 9.70. The van der Waals surface area contributed by atoms with E-state index in [1.54, 1.807) is 0 Å². The Balaban J connectivity index is 3.31. The molecule has 10 heavy (non-hydrogen) atoms. The Morgan fingerprint density at radius 1 is 1.70 bits per heavy atom. The molecule has 0 spiro atoms. The molecule has 4 nitrogen and oxygen atoms in total. The van der Waals surface area contributed by atoms with Crippen LogP contribution in [0.25, 0.3) is 0 Å². The molecule has 1 heterocycles. The zero-order chi connectivity index (χ0) is 7.72. The third-order valence-electron chi connectivity index (χ3n) is 0.839. The fourth-order valence-electron chi connectivity index (χ4n) is 0.428. The highest BCUT2D eigenvalue weighted by Gasteiger charge is 2.13. The van der Waals surface area contributed by atoms with Crippen LogP contribution in [-0.4, -0.2) is 15.4 Å². The highest BCUT2D eigenvalue weighted by Crippen LogP contribution is 2.13. The van der Waals surface area contributed by atoms with E-state index in [1.807, 2.05) is 0 Å². The molecule has 0 bridgehead atoms. The molecule has 1 aromatic heterocycles. The van der Waals surface area contributed by atoms with Crippen LogP contribution in [-0.2, 0) is 0 Å². The molecular formula is C4H2ClNO3S. The SMILES string of the molecule is O=C(O)c1s[nH]c(=O)c1Cl. The molecule has 0 saturated carbocycles. The maximum absolute atomic E-state index is 10.5. The van der Waals surface area contributed by atoms with Gasteiger partial charge in [-0.2, -0.15) is 0 Å². The van der Waals surface area contributed by atoms with Crippen LogP contribution in [0, 0.1) is 0 Å². The predicted molar refractivity (Wildman–Crippen MR) is 36.9 cm³/mol. The molecule has 0 aliphatic rings. The Kier molecular flexibility index (Phi) is 1.78. The molecule has 1 aromatic rings. The van der Waals surface area contributed by atoms with E-state index in [1.165, 1.54) is 0 Å². The van der Waals surface area contributed by atoms with Crippen LogP contribution in [0.1, 0.15) is 9.67 Å². The maximum atomic E-state index is 10.5. The second-order valence-electron chi connectivity index (χ2n) is 1.48. The first kappa shape index (κ1) is 7.30. The van der Waals surface area contributed by atoms with Crippen LogP contribution in [0.4, 0.5) is 0 Å². The molecule has 0 aliphatic heterocycles. The van der Waals surface area contributed by atoms with E-state index in [2.05, 4.69) is 4.37 Å². The van der Waals surface area contributed by atoms with Crippen molar-refractivity contribution in [2.75, 3.05) is 0 Å². The van der Waals surface area contributed by atoms with Crippen molar-refractivity contribution in [3.8, 4) is 0 Å². The largest absolute Gasteiger partial charge is 0.477 e. The molecule has 0 unspecified atom stereocenters. The quantitative estimate of drug-likeness (QED) is 0.670. The number of carboxylic acid groups (broad SMARTS) is 1. The molecule has 6 heteroatoms. The molecule has 2 N–H and O–H groups in total. The summed E-state index contributed by atoms with van der Waals surface area (Å²) in [6.07, 6.45) is 0. The number of aromatic carboxylic acids is 1. The minimum Gasteiger partial charge on any atom is -0.477 e. The van der Waals surface area contributed by atoms with Crippen molar-refractivity contribution in [1.29, 1.82) is 0 Å². The van der Waals surface area contributed by atoms with E-state index in [0.717, 1.165) is 0 Å². The fourth-order valence-corrected chi connectivity index (χ4v) is 1.29. The van der Waals surface area contributed by atoms with E-state index in [9.17, 15) is 9.59 Å². The van der Waals surface area contributed by atoms with Gasteiger partial charge in [-0.05, 0) is 0 Å². The van der Waals surface area contributed by atoms with Crippen molar-refractivity contribution in [3.63, 3.8) is 0 Å². The van der Waals surface area contributed by atoms with Crippen molar-refractivity contribution >= 4 is 29.1 Å². The summed E-state index contributed by atoms with van der Waals surface area (Å²) < 4.78 is 2.19. The summed E-state index contributed by atoms with van der Waals surface area (Å²) in [7, 11) is 0. The number of aromatic nitrogens is 1. The highest BCUT2D eigenvalue weighted by molar-refractivity contribution is 7.08. The molecule has 0 atom stereocenters. The maximum Gasteiger partial charge on any atom is 0.349 e. The van der Waals surface area contributed by atoms with Crippen LogP contribution >= 0.6 is 23.1 Å². The van der Waals surface area contributed by atoms with Gasteiger partial charge < -0.3 is 5.11 Å². The van der Waals surface area contributed by atoms with Gasteiger partial charge in [-0.25, -0.2) is 4.79 Å². The number of hydrogen-bond acceptors (Lipinski definition) is 3. The van der Waals surface area contributed by atoms with Gasteiger partial charge in [0.1, 0.15) is 5.02 Å². The summed E-state index contributed by atoms with van der Waals surface area (Å²) in [4.78, 5) is 20.6. The zero-order valence-electron chi connectivity index (χ0n) is 4.55. The van der Waals surface area contributed by atoms with Crippen LogP contribution in [0.15, 0.2) is 4.79 Å². The molecule has 0 radical (unpaired) electrons. The van der Waals surface area contributed by atoms with Crippen molar-refractivity contribution in [3.05, 3.63) is 20.3 Å². The van der Waals surface area contributed by atoms with Gasteiger partial charge in [0.15, 0.2) is 4.88 Å². The summed E-state index contributed by atoms with van der Waals surface area (Å²) in [5, 5.41) is 8.09. The van der Waals surface area contributed by atoms with Crippen molar-refractivity contribution < 1.29 is 9.90 Å². The molecule has 54 valence electrons. The number of carboxylic acids is 1. The summed E-state index contributed by atoms with van der Waals surface area (Å²) in [6.45, 7) is 0. The Morgan fingerprint density at radius 3 is 2.50 bits per heavy atom. The van der Waals surface area contributed by atoms with Crippen LogP contribution in [0.3, 0.4) is 0 Å². The summed E-state index contributed by atoms with van der Waals surface area (Å²) in [6, 6.07) is 0. The van der Waals surface area contributed by atoms with Gasteiger partial charge in [0.25, 0.3) is 5.56 Å². The third-order valence-corrected chi connectivity index (χ3v) is 2.18. The van der Waals surface area contributed by atoms with E-state index < -0.39 is 11.5 Å². The Labute approximate surface area is 64.2 Å². The van der Waals surface area contributed by atoms with E-state index in [-0.39, 0.29) is 9.90 Å². The molecule has 1 rings (SSSR count). The second kappa shape index (κ2) is 2.43. The van der Waals surface area contributed by atoms with Crippen molar-refractivity contribution in [2.24, 2.45) is 0 Å². The Hall–Kier alpha value is -0.810. The number of rotatable bonds is 1. The molecule has 0 amide bonds. The topological polar surface area (TPSA) is 70.2 Å². The lowest BCUT2D eigenvalue weighted by atomic mass is 10.5. The Morgan fingerprint density at radius 2 is 2.30 bits per heavy atom. The average Bonchev–Trinajstić information content (AvgIpc) is 2.14. The van der Waals surface area contributed by atoms with Crippen molar-refractivity contribution in [2.45, 2.75) is 0 Å². The average molecular weight is 180 g/mol. The van der Waals surface area contributed by atoms with Gasteiger partial charge in [0.05, 0.1) is 0 Å². The summed E-state index contributed by atoms with van der Waals surface area (Å²) >= 11 is 6.00. The number of hydrogen-bond donors (Lipinski definition) is 2. The smallest absolute Gasteiger partial charge is 0.349 e. The third kappa shape index (κ3) is 1.05. The lowest BCUT2D eigenvalue weighted by molar-refractivity contribution is 0.0702. The molecular weight excluding hydrogens is 178 g/mol. The number of aromatic amines is 1. The van der Waals surface area contributed by atoms with Gasteiger partial charge in [0, 0.05) is 0 Å². The van der Waals surface area contributed by atoms with Crippen molar-refractivity contribution in [1.82, 2.24) is 4.37 Å². The number of halogens is 1. The first-order chi connectivity index (χ1) is 4.63. The van der Waals surface area contributed by atoms with Gasteiger partial charge in [0.2, 0.25) is 0 Å². The minimum absolute atomic E-state index is 0.147. The van der Waals surface area contributed by atoms with Gasteiger partial charge in [-0.3, -0.25) is 9.17 Å². The minimum atomic E-state index is -1.19. The number of carbonyl (C=O) groups is 1.